The fourth-order valence-electron chi connectivity index (χ4n) is 0.561. The number of rotatable bonds is 2. The molecule has 1 aliphatic rings. The van der Waals surface area contributed by atoms with Gasteiger partial charge in [0.2, 0.25) is 0 Å². The average molecular weight is 99.1 g/mol. The molecule has 0 aromatic carbocycles. The maximum Gasteiger partial charge on any atom is 0.0809 e. The summed E-state index contributed by atoms with van der Waals surface area (Å²) in [5, 5.41) is 15.3. The molecule has 0 heterocycles. The van der Waals surface area contributed by atoms with Gasteiger partial charge in [-0.2, -0.15) is 0 Å². The van der Waals surface area contributed by atoms with Crippen LogP contribution in [0.15, 0.2) is 0 Å². The Morgan fingerprint density at radius 1 is 1.71 bits per heavy atom. The predicted molar refractivity (Wildman–Crippen MR) is 27.5 cm³/mol. The zero-order valence-corrected chi connectivity index (χ0v) is 4.15. The normalized spacial score (nSPS) is 19.6. The average Bonchev–Trinajstić information content (AvgIpc) is 2.44. The van der Waals surface area contributed by atoms with Crippen LogP contribution in [0.1, 0.15) is 12.8 Å². The van der Waals surface area contributed by atoms with Gasteiger partial charge in [-0.25, -0.2) is 0 Å². The van der Waals surface area contributed by atoms with Crippen LogP contribution < -0.4 is 0 Å². The topological polar surface area (TPSA) is 44.1 Å². The van der Waals surface area contributed by atoms with E-state index < -0.39 is 0 Å². The van der Waals surface area contributed by atoms with Gasteiger partial charge in [0.1, 0.15) is 0 Å². The van der Waals surface area contributed by atoms with Crippen molar-refractivity contribution >= 4 is 5.71 Å². The molecular formula is C5H9NO. The first-order valence-corrected chi connectivity index (χ1v) is 2.52. The van der Waals surface area contributed by atoms with E-state index in [9.17, 15) is 0 Å². The lowest BCUT2D eigenvalue weighted by molar-refractivity contribution is 0.353. The smallest absolute Gasteiger partial charge is 0.0809 e. The van der Waals surface area contributed by atoms with Crippen molar-refractivity contribution < 1.29 is 5.11 Å². The minimum Gasteiger partial charge on any atom is -0.390 e. The van der Waals surface area contributed by atoms with Gasteiger partial charge in [0.05, 0.1) is 6.61 Å². The standard InChI is InChI=1S/C5H9NO/c6-5(3-7)4-1-2-4/h4,6-7H,1-3H2. The van der Waals surface area contributed by atoms with Crippen molar-refractivity contribution in [1.82, 2.24) is 0 Å². The van der Waals surface area contributed by atoms with Gasteiger partial charge < -0.3 is 10.5 Å². The summed E-state index contributed by atoms with van der Waals surface area (Å²) in [6.45, 7) is -0.0370. The van der Waals surface area contributed by atoms with E-state index >= 15 is 0 Å². The molecule has 0 aromatic heterocycles. The van der Waals surface area contributed by atoms with Gasteiger partial charge in [-0.15, -0.1) is 0 Å². The fraction of sp³-hybridized carbons (Fsp3) is 0.800. The lowest BCUT2D eigenvalue weighted by Gasteiger charge is -1.89. The monoisotopic (exact) mass is 99.1 g/mol. The van der Waals surface area contributed by atoms with Crippen LogP contribution in [0.25, 0.3) is 0 Å². The molecule has 0 saturated heterocycles. The summed E-state index contributed by atoms with van der Waals surface area (Å²) in [6.07, 6.45) is 2.25. The molecule has 0 aromatic rings. The Balaban J connectivity index is 2.24. The zero-order valence-electron chi connectivity index (χ0n) is 4.15. The summed E-state index contributed by atoms with van der Waals surface area (Å²) in [5.41, 5.74) is 0.514. The third kappa shape index (κ3) is 0.996. The predicted octanol–water partition coefficient (Wildman–Crippen LogP) is 0.408. The van der Waals surface area contributed by atoms with E-state index in [1.165, 1.54) is 0 Å². The maximum atomic E-state index is 8.32. The molecule has 0 atom stereocenters. The molecule has 7 heavy (non-hydrogen) atoms. The third-order valence-corrected chi connectivity index (χ3v) is 1.24. The summed E-state index contributed by atoms with van der Waals surface area (Å²) >= 11 is 0. The number of nitrogens with one attached hydrogen (secondary N) is 1. The molecule has 0 unspecified atom stereocenters. The van der Waals surface area contributed by atoms with Gasteiger partial charge in [-0.05, 0) is 18.8 Å². The second kappa shape index (κ2) is 1.62. The Bertz CT molecular complexity index is 86.1. The highest BCUT2D eigenvalue weighted by molar-refractivity contribution is 5.86. The molecule has 1 rings (SSSR count). The molecule has 0 bridgehead atoms. The molecule has 40 valence electrons. The van der Waals surface area contributed by atoms with Crippen LogP contribution in [0.3, 0.4) is 0 Å². The van der Waals surface area contributed by atoms with Gasteiger partial charge >= 0.3 is 0 Å². The van der Waals surface area contributed by atoms with Crippen LogP contribution in [0.4, 0.5) is 0 Å². The van der Waals surface area contributed by atoms with E-state index in [-0.39, 0.29) is 6.61 Å². The largest absolute Gasteiger partial charge is 0.390 e. The minimum absolute atomic E-state index is 0.0370. The summed E-state index contributed by atoms with van der Waals surface area (Å²) < 4.78 is 0. The first-order chi connectivity index (χ1) is 3.34. The minimum atomic E-state index is -0.0370. The van der Waals surface area contributed by atoms with Gasteiger partial charge in [0, 0.05) is 5.71 Å². The summed E-state index contributed by atoms with van der Waals surface area (Å²) in [4.78, 5) is 0. The molecule has 0 aliphatic heterocycles. The SMILES string of the molecule is N=C(CO)C1CC1. The second-order valence-electron chi connectivity index (χ2n) is 1.96. The Morgan fingerprint density at radius 2 is 2.29 bits per heavy atom. The van der Waals surface area contributed by atoms with E-state index in [2.05, 4.69) is 0 Å². The van der Waals surface area contributed by atoms with Crippen LogP contribution in [0.2, 0.25) is 0 Å². The van der Waals surface area contributed by atoms with Gasteiger partial charge in [0.15, 0.2) is 0 Å². The van der Waals surface area contributed by atoms with Gasteiger partial charge in [-0.3, -0.25) is 0 Å². The Kier molecular flexibility index (Phi) is 1.11. The number of hydrogen-bond donors (Lipinski definition) is 2. The highest BCUT2D eigenvalue weighted by atomic mass is 16.3. The van der Waals surface area contributed by atoms with Crippen LogP contribution >= 0.6 is 0 Å². The molecule has 1 aliphatic carbocycles. The molecule has 0 amide bonds. The van der Waals surface area contributed by atoms with Crippen molar-refractivity contribution in [3.63, 3.8) is 0 Å². The van der Waals surface area contributed by atoms with E-state index in [1.807, 2.05) is 0 Å². The van der Waals surface area contributed by atoms with Crippen molar-refractivity contribution in [2.45, 2.75) is 12.8 Å². The Hall–Kier alpha value is -0.370. The first-order valence-electron chi connectivity index (χ1n) is 2.52. The lowest BCUT2D eigenvalue weighted by atomic mass is 10.3. The van der Waals surface area contributed by atoms with Crippen LogP contribution in [-0.2, 0) is 0 Å². The highest BCUT2D eigenvalue weighted by Gasteiger charge is 2.25. The van der Waals surface area contributed by atoms with E-state index in [0.717, 1.165) is 12.8 Å². The fourth-order valence-corrected chi connectivity index (χ4v) is 0.561. The van der Waals surface area contributed by atoms with Gasteiger partial charge in [0.25, 0.3) is 0 Å². The highest BCUT2D eigenvalue weighted by Crippen LogP contribution is 2.29. The van der Waals surface area contributed by atoms with Crippen molar-refractivity contribution in [1.29, 1.82) is 5.41 Å². The van der Waals surface area contributed by atoms with E-state index in [0.29, 0.717) is 11.6 Å². The molecule has 1 fully saturated rings. The molecule has 0 radical (unpaired) electrons. The van der Waals surface area contributed by atoms with Crippen LogP contribution in [-0.4, -0.2) is 17.4 Å². The summed E-state index contributed by atoms with van der Waals surface area (Å²) in [5.74, 6) is 0.449. The zero-order chi connectivity index (χ0) is 5.28. The van der Waals surface area contributed by atoms with Crippen molar-refractivity contribution in [2.75, 3.05) is 6.61 Å². The van der Waals surface area contributed by atoms with Crippen molar-refractivity contribution in [2.24, 2.45) is 5.92 Å². The Morgan fingerprint density at radius 3 is 2.43 bits per heavy atom. The molecule has 2 heteroatoms. The van der Waals surface area contributed by atoms with Crippen LogP contribution in [0, 0.1) is 11.3 Å². The molecule has 1 saturated carbocycles. The van der Waals surface area contributed by atoms with E-state index in [4.69, 9.17) is 10.5 Å². The maximum absolute atomic E-state index is 8.32. The van der Waals surface area contributed by atoms with Gasteiger partial charge in [-0.1, -0.05) is 0 Å². The number of hydrogen-bond acceptors (Lipinski definition) is 2. The van der Waals surface area contributed by atoms with Crippen molar-refractivity contribution in [3.05, 3.63) is 0 Å². The summed E-state index contributed by atoms with van der Waals surface area (Å²) in [6, 6.07) is 0. The van der Waals surface area contributed by atoms with E-state index in [1.54, 1.807) is 0 Å². The first kappa shape index (κ1) is 4.78. The van der Waals surface area contributed by atoms with Crippen molar-refractivity contribution in [3.8, 4) is 0 Å². The Labute approximate surface area is 42.7 Å². The number of aliphatic hydroxyl groups excluding tert-OH is 1. The number of aliphatic hydroxyl groups is 1. The van der Waals surface area contributed by atoms with Crippen LogP contribution in [0.5, 0.6) is 0 Å². The molecule has 0 spiro atoms. The lowest BCUT2D eigenvalue weighted by Crippen LogP contribution is -2.03. The second-order valence-corrected chi connectivity index (χ2v) is 1.96. The third-order valence-electron chi connectivity index (χ3n) is 1.24. The molecular weight excluding hydrogens is 90.1 g/mol. The molecule has 2 N–H and O–H groups in total. The molecule has 2 nitrogen and oxygen atoms in total. The quantitative estimate of drug-likeness (QED) is 0.484. The summed E-state index contributed by atoms with van der Waals surface area (Å²) in [7, 11) is 0.